The molecule has 7 heteroatoms. The summed E-state index contributed by atoms with van der Waals surface area (Å²) in [5.41, 5.74) is 9.37. The van der Waals surface area contributed by atoms with Crippen molar-refractivity contribution in [1.29, 1.82) is 0 Å². The highest BCUT2D eigenvalue weighted by molar-refractivity contribution is 7.09. The first kappa shape index (κ1) is 22.9. The predicted molar refractivity (Wildman–Crippen MR) is 113 cm³/mol. The molecule has 144 valence electrons. The van der Waals surface area contributed by atoms with Crippen LogP contribution < -0.4 is 11.1 Å². The Morgan fingerprint density at radius 1 is 1.27 bits per heavy atom. The standard InChI is InChI=1S/C19H25N3OS.2ClH/c1-13-22-18(12-24-13)15-7-5-14(6-8-15)9-10-21-19(23)16-3-2-4-17(20)11-16;;/h5-8,12,16-17H,2-4,9-11,20H2,1H3,(H,21,23);2*1H. The van der Waals surface area contributed by atoms with Crippen LogP contribution in [0, 0.1) is 12.8 Å². The van der Waals surface area contributed by atoms with E-state index in [1.165, 1.54) is 5.56 Å². The van der Waals surface area contributed by atoms with Crippen molar-refractivity contribution in [2.24, 2.45) is 11.7 Å². The van der Waals surface area contributed by atoms with Crippen molar-refractivity contribution in [1.82, 2.24) is 10.3 Å². The number of halogens is 2. The number of rotatable bonds is 5. The number of aromatic nitrogens is 1. The fourth-order valence-electron chi connectivity index (χ4n) is 3.28. The van der Waals surface area contributed by atoms with E-state index in [-0.39, 0.29) is 42.7 Å². The van der Waals surface area contributed by atoms with Crippen molar-refractivity contribution in [3.63, 3.8) is 0 Å². The normalized spacial score (nSPS) is 19.2. The van der Waals surface area contributed by atoms with Crippen LogP contribution in [0.2, 0.25) is 0 Å². The van der Waals surface area contributed by atoms with Crippen LogP contribution in [0.15, 0.2) is 29.6 Å². The van der Waals surface area contributed by atoms with Gasteiger partial charge >= 0.3 is 0 Å². The number of nitrogens with zero attached hydrogens (tertiary/aromatic N) is 1. The van der Waals surface area contributed by atoms with Gasteiger partial charge in [0, 0.05) is 29.4 Å². The van der Waals surface area contributed by atoms with Crippen LogP contribution in [-0.4, -0.2) is 23.5 Å². The summed E-state index contributed by atoms with van der Waals surface area (Å²) in [6.07, 6.45) is 4.77. The molecule has 4 nitrogen and oxygen atoms in total. The molecule has 3 rings (SSSR count). The molecule has 1 amide bonds. The first-order valence-electron chi connectivity index (χ1n) is 8.66. The van der Waals surface area contributed by atoms with Gasteiger partial charge in [0.05, 0.1) is 10.7 Å². The van der Waals surface area contributed by atoms with Crippen molar-refractivity contribution in [2.75, 3.05) is 6.54 Å². The molecule has 3 N–H and O–H groups in total. The van der Waals surface area contributed by atoms with E-state index in [2.05, 4.69) is 39.9 Å². The molecule has 1 aromatic heterocycles. The van der Waals surface area contributed by atoms with Crippen molar-refractivity contribution in [3.8, 4) is 11.3 Å². The quantitative estimate of drug-likeness (QED) is 0.770. The maximum atomic E-state index is 12.2. The van der Waals surface area contributed by atoms with Crippen molar-refractivity contribution in [2.45, 2.75) is 45.1 Å². The zero-order valence-electron chi connectivity index (χ0n) is 14.9. The molecule has 1 aromatic carbocycles. The Hall–Kier alpha value is -1.14. The second-order valence-corrected chi connectivity index (χ2v) is 7.68. The molecule has 0 spiro atoms. The van der Waals surface area contributed by atoms with E-state index in [0.717, 1.165) is 48.4 Å². The number of nitrogens with two attached hydrogens (primary N) is 1. The minimum atomic E-state index is 0. The van der Waals surface area contributed by atoms with Crippen LogP contribution in [0.5, 0.6) is 0 Å². The Morgan fingerprint density at radius 3 is 2.62 bits per heavy atom. The first-order chi connectivity index (χ1) is 11.6. The van der Waals surface area contributed by atoms with Crippen molar-refractivity contribution in [3.05, 3.63) is 40.2 Å². The first-order valence-corrected chi connectivity index (χ1v) is 9.54. The van der Waals surface area contributed by atoms with Gasteiger partial charge in [-0.05, 0) is 38.2 Å². The number of thiazole rings is 1. The second-order valence-electron chi connectivity index (χ2n) is 6.61. The fourth-order valence-corrected chi connectivity index (χ4v) is 3.90. The summed E-state index contributed by atoms with van der Waals surface area (Å²) in [5, 5.41) is 6.23. The number of nitrogens with one attached hydrogen (secondary N) is 1. The maximum absolute atomic E-state index is 12.2. The summed E-state index contributed by atoms with van der Waals surface area (Å²) in [7, 11) is 0. The summed E-state index contributed by atoms with van der Waals surface area (Å²) >= 11 is 1.67. The number of carbonyl (C=O) groups is 1. The molecule has 0 radical (unpaired) electrons. The number of hydrogen-bond donors (Lipinski definition) is 2. The van der Waals surface area contributed by atoms with Gasteiger partial charge < -0.3 is 11.1 Å². The van der Waals surface area contributed by atoms with E-state index < -0.39 is 0 Å². The fraction of sp³-hybridized carbons (Fsp3) is 0.474. The third kappa shape index (κ3) is 6.23. The van der Waals surface area contributed by atoms with E-state index in [1.54, 1.807) is 11.3 Å². The highest BCUT2D eigenvalue weighted by atomic mass is 35.5. The van der Waals surface area contributed by atoms with Gasteiger partial charge in [0.25, 0.3) is 0 Å². The molecular weight excluding hydrogens is 389 g/mol. The lowest BCUT2D eigenvalue weighted by molar-refractivity contribution is -0.126. The molecule has 1 fully saturated rings. The van der Waals surface area contributed by atoms with E-state index >= 15 is 0 Å². The zero-order valence-corrected chi connectivity index (χ0v) is 17.4. The highest BCUT2D eigenvalue weighted by Gasteiger charge is 2.24. The molecule has 2 atom stereocenters. The Bertz CT molecular complexity index is 690. The van der Waals surface area contributed by atoms with Gasteiger partial charge in [0.15, 0.2) is 0 Å². The predicted octanol–water partition coefficient (Wildman–Crippen LogP) is 4.14. The molecule has 2 unspecified atom stereocenters. The molecule has 1 saturated carbocycles. The Kier molecular flexibility index (Phi) is 9.58. The molecule has 0 bridgehead atoms. The maximum Gasteiger partial charge on any atom is 0.223 e. The Balaban J connectivity index is 0.00000169. The van der Waals surface area contributed by atoms with Crippen LogP contribution in [0.1, 0.15) is 36.3 Å². The lowest BCUT2D eigenvalue weighted by Gasteiger charge is -2.25. The average molecular weight is 416 g/mol. The van der Waals surface area contributed by atoms with Gasteiger partial charge in [-0.2, -0.15) is 0 Å². The third-order valence-corrected chi connectivity index (χ3v) is 5.44. The number of carbonyl (C=O) groups excluding carboxylic acids is 1. The van der Waals surface area contributed by atoms with Crippen LogP contribution in [0.25, 0.3) is 11.3 Å². The number of benzene rings is 1. The number of hydrogen-bond acceptors (Lipinski definition) is 4. The van der Waals surface area contributed by atoms with E-state index in [9.17, 15) is 4.79 Å². The van der Waals surface area contributed by atoms with E-state index in [4.69, 9.17) is 5.73 Å². The molecule has 26 heavy (non-hydrogen) atoms. The Labute approximate surface area is 171 Å². The number of aryl methyl sites for hydroxylation is 1. The largest absolute Gasteiger partial charge is 0.356 e. The SMILES string of the molecule is Cc1nc(-c2ccc(CCNC(=O)C3CCCC(N)C3)cc2)cs1.Cl.Cl. The van der Waals surface area contributed by atoms with Gasteiger partial charge in [-0.25, -0.2) is 4.98 Å². The van der Waals surface area contributed by atoms with Gasteiger partial charge in [-0.15, -0.1) is 36.2 Å². The van der Waals surface area contributed by atoms with Crippen LogP contribution >= 0.6 is 36.2 Å². The van der Waals surface area contributed by atoms with Gasteiger partial charge in [-0.1, -0.05) is 30.7 Å². The summed E-state index contributed by atoms with van der Waals surface area (Å²) in [6, 6.07) is 8.63. The minimum absolute atomic E-state index is 0. The van der Waals surface area contributed by atoms with E-state index in [1.807, 2.05) is 6.92 Å². The molecule has 1 aliphatic rings. The summed E-state index contributed by atoms with van der Waals surface area (Å²) in [6.45, 7) is 2.70. The van der Waals surface area contributed by atoms with Crippen LogP contribution in [0.4, 0.5) is 0 Å². The third-order valence-electron chi connectivity index (χ3n) is 4.67. The van der Waals surface area contributed by atoms with Gasteiger partial charge in [0.2, 0.25) is 5.91 Å². The van der Waals surface area contributed by atoms with E-state index in [0.29, 0.717) is 6.54 Å². The van der Waals surface area contributed by atoms with Gasteiger partial charge in [0.1, 0.15) is 0 Å². The lowest BCUT2D eigenvalue weighted by atomic mass is 9.85. The average Bonchev–Trinajstić information content (AvgIpc) is 3.02. The molecule has 0 aliphatic heterocycles. The monoisotopic (exact) mass is 415 g/mol. The minimum Gasteiger partial charge on any atom is -0.356 e. The smallest absolute Gasteiger partial charge is 0.223 e. The zero-order chi connectivity index (χ0) is 16.9. The lowest BCUT2D eigenvalue weighted by Crippen LogP contribution is -2.38. The van der Waals surface area contributed by atoms with Crippen molar-refractivity contribution >= 4 is 42.1 Å². The summed E-state index contributed by atoms with van der Waals surface area (Å²) < 4.78 is 0. The van der Waals surface area contributed by atoms with Crippen LogP contribution in [-0.2, 0) is 11.2 Å². The highest BCUT2D eigenvalue weighted by Crippen LogP contribution is 2.23. The number of amides is 1. The second kappa shape index (κ2) is 10.9. The van der Waals surface area contributed by atoms with Crippen LogP contribution in [0.3, 0.4) is 0 Å². The summed E-state index contributed by atoms with van der Waals surface area (Å²) in [5.74, 6) is 0.267. The molecule has 2 aromatic rings. The molecular formula is C19H27Cl2N3OS. The van der Waals surface area contributed by atoms with Gasteiger partial charge in [-0.3, -0.25) is 4.79 Å². The molecule has 1 aliphatic carbocycles. The Morgan fingerprint density at radius 2 is 2.00 bits per heavy atom. The van der Waals surface area contributed by atoms with Crippen molar-refractivity contribution < 1.29 is 4.79 Å². The topological polar surface area (TPSA) is 68.0 Å². The molecule has 0 saturated heterocycles. The summed E-state index contributed by atoms with van der Waals surface area (Å²) in [4.78, 5) is 16.7. The molecule has 1 heterocycles.